The fourth-order valence-electron chi connectivity index (χ4n) is 2.20. The Morgan fingerprint density at radius 1 is 0.727 bits per heavy atom. The van der Waals surface area contributed by atoms with Crippen LogP contribution in [0.25, 0.3) is 0 Å². The Labute approximate surface area is 137 Å². The molecule has 0 aromatic rings. The number of hydrogen-bond donors (Lipinski definition) is 1. The highest BCUT2D eigenvalue weighted by Gasteiger charge is 1.93. The molecule has 0 fully saturated rings. The molecule has 0 radical (unpaired) electrons. The highest BCUT2D eigenvalue weighted by Crippen LogP contribution is 2.10. The maximum atomic E-state index is 10.3. The van der Waals surface area contributed by atoms with Crippen LogP contribution in [0, 0.1) is 23.7 Å². The van der Waals surface area contributed by atoms with E-state index in [4.69, 9.17) is 5.11 Å². The molecule has 124 valence electrons. The molecule has 0 atom stereocenters. The van der Waals surface area contributed by atoms with Gasteiger partial charge in [-0.15, -0.1) is 11.8 Å². The van der Waals surface area contributed by atoms with Gasteiger partial charge in [-0.25, -0.2) is 0 Å². The summed E-state index contributed by atoms with van der Waals surface area (Å²) in [6.07, 6.45) is 15.2. The van der Waals surface area contributed by atoms with Crippen LogP contribution < -0.4 is 0 Å². The summed E-state index contributed by atoms with van der Waals surface area (Å²) in [6, 6.07) is 0. The molecule has 0 aliphatic heterocycles. The standard InChI is InChI=1S/C20H32O2/c1-2-3-4-5-6-7-8-9-10-11-12-13-14-15-16-17-18-19-20(21)22/h2-11,14,17-19H2,1H3,(H,21,22). The van der Waals surface area contributed by atoms with E-state index in [1.54, 1.807) is 0 Å². The van der Waals surface area contributed by atoms with Crippen LogP contribution in [-0.2, 0) is 4.79 Å². The van der Waals surface area contributed by atoms with Crippen molar-refractivity contribution < 1.29 is 9.90 Å². The Balaban J connectivity index is 3.25. The summed E-state index contributed by atoms with van der Waals surface area (Å²) in [6.45, 7) is 2.26. The average molecular weight is 304 g/mol. The van der Waals surface area contributed by atoms with Gasteiger partial charge in [0, 0.05) is 19.3 Å². The van der Waals surface area contributed by atoms with Crippen LogP contribution >= 0.6 is 0 Å². The number of aliphatic carboxylic acids is 1. The fourth-order valence-corrected chi connectivity index (χ4v) is 2.20. The topological polar surface area (TPSA) is 37.3 Å². The van der Waals surface area contributed by atoms with Gasteiger partial charge in [0.2, 0.25) is 0 Å². The summed E-state index contributed by atoms with van der Waals surface area (Å²) in [4.78, 5) is 10.3. The van der Waals surface area contributed by atoms with Gasteiger partial charge in [0.05, 0.1) is 6.42 Å². The van der Waals surface area contributed by atoms with Gasteiger partial charge in [-0.3, -0.25) is 4.79 Å². The zero-order valence-corrected chi connectivity index (χ0v) is 14.3. The molecule has 1 N–H and O–H groups in total. The Kier molecular flexibility index (Phi) is 16.5. The lowest BCUT2D eigenvalue weighted by molar-refractivity contribution is -0.137. The molecular weight excluding hydrogens is 272 g/mol. The van der Waals surface area contributed by atoms with E-state index in [0.717, 1.165) is 6.42 Å². The first-order chi connectivity index (χ1) is 10.8. The first-order valence-corrected chi connectivity index (χ1v) is 8.90. The highest BCUT2D eigenvalue weighted by atomic mass is 16.4. The molecule has 22 heavy (non-hydrogen) atoms. The Morgan fingerprint density at radius 2 is 1.23 bits per heavy atom. The lowest BCUT2D eigenvalue weighted by Crippen LogP contribution is -1.92. The molecule has 2 heteroatoms. The Morgan fingerprint density at radius 3 is 1.77 bits per heavy atom. The van der Waals surface area contributed by atoms with Crippen molar-refractivity contribution in [2.75, 3.05) is 0 Å². The molecule has 0 spiro atoms. The van der Waals surface area contributed by atoms with Crippen molar-refractivity contribution in [3.63, 3.8) is 0 Å². The number of carboxylic acid groups (broad SMARTS) is 1. The molecule has 0 aromatic carbocycles. The molecule has 0 bridgehead atoms. The maximum absolute atomic E-state index is 10.3. The van der Waals surface area contributed by atoms with E-state index in [-0.39, 0.29) is 6.42 Å². The van der Waals surface area contributed by atoms with Crippen molar-refractivity contribution in [1.82, 2.24) is 0 Å². The van der Waals surface area contributed by atoms with E-state index < -0.39 is 5.97 Å². The third kappa shape index (κ3) is 18.6. The van der Waals surface area contributed by atoms with Crippen LogP contribution in [0.3, 0.4) is 0 Å². The molecule has 0 saturated heterocycles. The predicted molar refractivity (Wildman–Crippen MR) is 93.5 cm³/mol. The minimum Gasteiger partial charge on any atom is -0.481 e. The number of hydrogen-bond acceptors (Lipinski definition) is 1. The van der Waals surface area contributed by atoms with Crippen LogP contribution in [0.5, 0.6) is 0 Å². The lowest BCUT2D eigenvalue weighted by Gasteiger charge is -2.00. The van der Waals surface area contributed by atoms with Crippen molar-refractivity contribution in [3.05, 3.63) is 0 Å². The highest BCUT2D eigenvalue weighted by molar-refractivity contribution is 5.66. The van der Waals surface area contributed by atoms with Gasteiger partial charge in [-0.2, -0.15) is 0 Å². The molecule has 0 heterocycles. The third-order valence-corrected chi connectivity index (χ3v) is 3.52. The molecule has 0 unspecified atom stereocenters. The number of rotatable bonds is 12. The normalized spacial score (nSPS) is 9.50. The van der Waals surface area contributed by atoms with Crippen LogP contribution in [0.2, 0.25) is 0 Å². The molecule has 2 nitrogen and oxygen atoms in total. The Bertz CT molecular complexity index is 376. The van der Waals surface area contributed by atoms with E-state index in [1.165, 1.54) is 57.8 Å². The molecule has 0 saturated carbocycles. The van der Waals surface area contributed by atoms with Crippen LogP contribution in [0.1, 0.15) is 96.8 Å². The molecule has 0 rings (SSSR count). The van der Waals surface area contributed by atoms with E-state index in [1.807, 2.05) is 0 Å². The molecule has 0 aliphatic rings. The van der Waals surface area contributed by atoms with Gasteiger partial charge in [0.15, 0.2) is 0 Å². The summed E-state index contributed by atoms with van der Waals surface area (Å²) < 4.78 is 0. The summed E-state index contributed by atoms with van der Waals surface area (Å²) in [5.74, 6) is 11.4. The summed E-state index contributed by atoms with van der Waals surface area (Å²) in [7, 11) is 0. The van der Waals surface area contributed by atoms with E-state index in [2.05, 4.69) is 30.6 Å². The van der Waals surface area contributed by atoms with Gasteiger partial charge in [0.25, 0.3) is 0 Å². The summed E-state index contributed by atoms with van der Waals surface area (Å²) in [5, 5.41) is 8.47. The van der Waals surface area contributed by atoms with Crippen LogP contribution in [0.15, 0.2) is 0 Å². The van der Waals surface area contributed by atoms with Gasteiger partial charge >= 0.3 is 5.97 Å². The second kappa shape index (κ2) is 17.6. The van der Waals surface area contributed by atoms with Crippen molar-refractivity contribution >= 4 is 5.97 Å². The van der Waals surface area contributed by atoms with E-state index in [9.17, 15) is 4.79 Å². The monoisotopic (exact) mass is 304 g/mol. The largest absolute Gasteiger partial charge is 0.481 e. The third-order valence-electron chi connectivity index (χ3n) is 3.52. The molecule has 0 amide bonds. The first-order valence-electron chi connectivity index (χ1n) is 8.90. The lowest BCUT2D eigenvalue weighted by atomic mass is 10.1. The van der Waals surface area contributed by atoms with Crippen molar-refractivity contribution in [1.29, 1.82) is 0 Å². The average Bonchev–Trinajstić information content (AvgIpc) is 2.50. The maximum Gasteiger partial charge on any atom is 0.303 e. The fraction of sp³-hybridized carbons (Fsp3) is 0.750. The Hall–Kier alpha value is -1.41. The van der Waals surface area contributed by atoms with Crippen molar-refractivity contribution in [3.8, 4) is 23.7 Å². The van der Waals surface area contributed by atoms with Crippen molar-refractivity contribution in [2.45, 2.75) is 96.8 Å². The number of carbonyl (C=O) groups is 1. The van der Waals surface area contributed by atoms with Gasteiger partial charge in [-0.05, 0) is 12.8 Å². The van der Waals surface area contributed by atoms with Gasteiger partial charge in [0.1, 0.15) is 0 Å². The number of carboxylic acids is 1. The van der Waals surface area contributed by atoms with Crippen LogP contribution in [0.4, 0.5) is 0 Å². The van der Waals surface area contributed by atoms with E-state index >= 15 is 0 Å². The minimum atomic E-state index is -0.748. The summed E-state index contributed by atoms with van der Waals surface area (Å²) in [5.41, 5.74) is 0. The van der Waals surface area contributed by atoms with Crippen molar-refractivity contribution in [2.24, 2.45) is 0 Å². The second-order valence-electron chi connectivity index (χ2n) is 5.71. The smallest absolute Gasteiger partial charge is 0.303 e. The second-order valence-corrected chi connectivity index (χ2v) is 5.71. The van der Waals surface area contributed by atoms with Gasteiger partial charge in [-0.1, -0.05) is 70.1 Å². The zero-order chi connectivity index (χ0) is 16.3. The number of unbranched alkanes of at least 4 members (excludes halogenated alkanes) is 10. The minimum absolute atomic E-state index is 0.207. The zero-order valence-electron chi connectivity index (χ0n) is 14.3. The quantitative estimate of drug-likeness (QED) is 0.378. The molecular formula is C20H32O2. The predicted octanol–water partition coefficient (Wildman–Crippen LogP) is 5.56. The SMILES string of the molecule is CCCCCCCCCCCC#CCC#CCCCC(=O)O. The van der Waals surface area contributed by atoms with Gasteiger partial charge < -0.3 is 5.11 Å². The molecule has 0 aromatic heterocycles. The first kappa shape index (κ1) is 20.6. The van der Waals surface area contributed by atoms with Crippen LogP contribution in [-0.4, -0.2) is 11.1 Å². The summed E-state index contributed by atoms with van der Waals surface area (Å²) >= 11 is 0. The molecule has 0 aliphatic carbocycles. The van der Waals surface area contributed by atoms with E-state index in [0.29, 0.717) is 19.3 Å².